The lowest BCUT2D eigenvalue weighted by molar-refractivity contribution is -0.136. The van der Waals surface area contributed by atoms with Crippen LogP contribution in [-0.2, 0) is 6.18 Å². The zero-order chi connectivity index (χ0) is 15.0. The van der Waals surface area contributed by atoms with E-state index in [2.05, 4.69) is 10.3 Å². The summed E-state index contributed by atoms with van der Waals surface area (Å²) >= 11 is 0. The first-order chi connectivity index (χ1) is 10.0. The van der Waals surface area contributed by atoms with Crippen molar-refractivity contribution in [2.75, 3.05) is 7.11 Å². The standard InChI is InChI=1S/C14H10F3N3O/c1-21-10-7-5-9(6-8-10)20-12-4-2-3-11(14(15,16)17)13(12)18-19-20/h2-8H,1H3. The van der Waals surface area contributed by atoms with Gasteiger partial charge in [0.15, 0.2) is 0 Å². The van der Waals surface area contributed by atoms with E-state index in [1.165, 1.54) is 17.9 Å². The average molecular weight is 293 g/mol. The molecule has 0 aliphatic heterocycles. The predicted molar refractivity (Wildman–Crippen MR) is 70.4 cm³/mol. The average Bonchev–Trinajstić information content (AvgIpc) is 2.90. The third-order valence-electron chi connectivity index (χ3n) is 3.10. The molecule has 0 saturated heterocycles. The molecule has 0 bridgehead atoms. The molecule has 0 radical (unpaired) electrons. The summed E-state index contributed by atoms with van der Waals surface area (Å²) in [7, 11) is 1.54. The molecule has 2 aromatic carbocycles. The molecule has 1 aromatic heterocycles. The minimum atomic E-state index is -4.46. The molecule has 0 N–H and O–H groups in total. The van der Waals surface area contributed by atoms with Crippen LogP contribution in [0.15, 0.2) is 42.5 Å². The normalized spacial score (nSPS) is 11.8. The molecule has 0 amide bonds. The molecule has 0 aliphatic rings. The fourth-order valence-corrected chi connectivity index (χ4v) is 2.09. The minimum absolute atomic E-state index is 0.166. The first kappa shape index (κ1) is 13.4. The molecule has 1 heterocycles. The van der Waals surface area contributed by atoms with Gasteiger partial charge in [-0.05, 0) is 36.4 Å². The highest BCUT2D eigenvalue weighted by Gasteiger charge is 2.34. The SMILES string of the molecule is COc1ccc(-n2nnc3c(C(F)(F)F)cccc32)cc1. The smallest absolute Gasteiger partial charge is 0.418 e. The molecule has 21 heavy (non-hydrogen) atoms. The minimum Gasteiger partial charge on any atom is -0.497 e. The molecule has 3 aromatic rings. The quantitative estimate of drug-likeness (QED) is 0.726. The number of benzene rings is 2. The highest BCUT2D eigenvalue weighted by molar-refractivity contribution is 5.80. The van der Waals surface area contributed by atoms with E-state index in [-0.39, 0.29) is 5.52 Å². The summed E-state index contributed by atoms with van der Waals surface area (Å²) < 4.78 is 45.2. The molecule has 0 spiro atoms. The molecule has 108 valence electrons. The predicted octanol–water partition coefficient (Wildman–Crippen LogP) is 3.45. The number of rotatable bonds is 2. The van der Waals surface area contributed by atoms with Crippen LogP contribution >= 0.6 is 0 Å². The van der Waals surface area contributed by atoms with E-state index in [9.17, 15) is 13.2 Å². The number of hydrogen-bond acceptors (Lipinski definition) is 3. The van der Waals surface area contributed by atoms with Crippen LogP contribution in [0.25, 0.3) is 16.7 Å². The summed E-state index contributed by atoms with van der Waals surface area (Å²) in [6, 6.07) is 10.7. The fourth-order valence-electron chi connectivity index (χ4n) is 2.09. The van der Waals surface area contributed by atoms with Crippen LogP contribution in [-0.4, -0.2) is 22.1 Å². The monoisotopic (exact) mass is 293 g/mol. The van der Waals surface area contributed by atoms with Gasteiger partial charge in [0.2, 0.25) is 0 Å². The molecule has 0 aliphatic carbocycles. The lowest BCUT2D eigenvalue weighted by Gasteiger charge is -2.07. The van der Waals surface area contributed by atoms with Gasteiger partial charge in [0.05, 0.1) is 23.9 Å². The number of aromatic nitrogens is 3. The summed E-state index contributed by atoms with van der Waals surface area (Å²) in [5.41, 5.74) is -0.0480. The van der Waals surface area contributed by atoms with Crippen molar-refractivity contribution in [3.8, 4) is 11.4 Å². The van der Waals surface area contributed by atoms with Gasteiger partial charge in [-0.1, -0.05) is 11.3 Å². The Morgan fingerprint density at radius 2 is 1.76 bits per heavy atom. The molecule has 7 heteroatoms. The number of methoxy groups -OCH3 is 1. The van der Waals surface area contributed by atoms with Crippen LogP contribution in [0.4, 0.5) is 13.2 Å². The topological polar surface area (TPSA) is 39.9 Å². The molecule has 0 saturated carbocycles. The van der Waals surface area contributed by atoms with Crippen LogP contribution in [0.1, 0.15) is 5.56 Å². The lowest BCUT2D eigenvalue weighted by Crippen LogP contribution is -2.05. The van der Waals surface area contributed by atoms with Crippen LogP contribution in [0.3, 0.4) is 0 Å². The number of fused-ring (bicyclic) bond motifs is 1. The van der Waals surface area contributed by atoms with Crippen molar-refractivity contribution < 1.29 is 17.9 Å². The molecular weight excluding hydrogens is 283 g/mol. The van der Waals surface area contributed by atoms with Crippen molar-refractivity contribution in [2.45, 2.75) is 6.18 Å². The summed E-state index contributed by atoms with van der Waals surface area (Å²) in [5.74, 6) is 0.652. The first-order valence-electron chi connectivity index (χ1n) is 6.07. The second kappa shape index (κ2) is 4.76. The third-order valence-corrected chi connectivity index (χ3v) is 3.10. The Bertz CT molecular complexity index is 778. The lowest BCUT2D eigenvalue weighted by atomic mass is 10.1. The Kier molecular flexibility index (Phi) is 3.04. The van der Waals surface area contributed by atoms with Crippen molar-refractivity contribution in [3.05, 3.63) is 48.0 Å². The van der Waals surface area contributed by atoms with Gasteiger partial charge in [0.25, 0.3) is 0 Å². The van der Waals surface area contributed by atoms with E-state index in [1.807, 2.05) is 0 Å². The summed E-state index contributed by atoms with van der Waals surface area (Å²) in [6.45, 7) is 0. The van der Waals surface area contributed by atoms with Gasteiger partial charge in [0, 0.05) is 0 Å². The van der Waals surface area contributed by atoms with Crippen LogP contribution in [0.5, 0.6) is 5.75 Å². The summed E-state index contributed by atoms with van der Waals surface area (Å²) in [6.07, 6.45) is -4.46. The zero-order valence-corrected chi connectivity index (χ0v) is 10.9. The van der Waals surface area contributed by atoms with Gasteiger partial charge < -0.3 is 4.74 Å². The Balaban J connectivity index is 2.16. The van der Waals surface area contributed by atoms with Crippen LogP contribution in [0, 0.1) is 0 Å². The second-order valence-electron chi connectivity index (χ2n) is 4.37. The largest absolute Gasteiger partial charge is 0.497 e. The van der Waals surface area contributed by atoms with Crippen molar-refractivity contribution in [2.24, 2.45) is 0 Å². The summed E-state index contributed by atoms with van der Waals surface area (Å²) in [4.78, 5) is 0. The molecule has 0 atom stereocenters. The number of halogens is 3. The Labute approximate surface area is 117 Å². The fraction of sp³-hybridized carbons (Fsp3) is 0.143. The summed E-state index contributed by atoms with van der Waals surface area (Å²) in [5, 5.41) is 7.49. The zero-order valence-electron chi connectivity index (χ0n) is 10.9. The Hall–Kier alpha value is -2.57. The molecule has 3 rings (SSSR count). The molecule has 0 fully saturated rings. The number of nitrogens with zero attached hydrogens (tertiary/aromatic N) is 3. The molecular formula is C14H10F3N3O. The van der Waals surface area contributed by atoms with Crippen molar-refractivity contribution in [1.82, 2.24) is 15.0 Å². The van der Waals surface area contributed by atoms with E-state index in [1.54, 1.807) is 30.3 Å². The Morgan fingerprint density at radius 3 is 2.38 bits per heavy atom. The van der Waals surface area contributed by atoms with Crippen molar-refractivity contribution in [1.29, 1.82) is 0 Å². The Morgan fingerprint density at radius 1 is 1.05 bits per heavy atom. The molecule has 0 unspecified atom stereocenters. The van der Waals surface area contributed by atoms with Gasteiger partial charge in [0.1, 0.15) is 11.3 Å². The first-order valence-corrected chi connectivity index (χ1v) is 6.07. The van der Waals surface area contributed by atoms with E-state index in [0.29, 0.717) is 17.0 Å². The molecule has 4 nitrogen and oxygen atoms in total. The van der Waals surface area contributed by atoms with Crippen LogP contribution < -0.4 is 4.74 Å². The van der Waals surface area contributed by atoms with Gasteiger partial charge in [-0.15, -0.1) is 5.10 Å². The van der Waals surface area contributed by atoms with E-state index in [4.69, 9.17) is 4.74 Å². The van der Waals surface area contributed by atoms with Gasteiger partial charge in [-0.25, -0.2) is 4.68 Å². The van der Waals surface area contributed by atoms with E-state index < -0.39 is 11.7 Å². The van der Waals surface area contributed by atoms with Gasteiger partial charge >= 0.3 is 6.18 Å². The van der Waals surface area contributed by atoms with Crippen molar-refractivity contribution in [3.63, 3.8) is 0 Å². The number of hydrogen-bond donors (Lipinski definition) is 0. The number of ether oxygens (including phenoxy) is 1. The maximum atomic E-state index is 12.9. The maximum Gasteiger partial charge on any atom is 0.418 e. The van der Waals surface area contributed by atoms with E-state index in [0.717, 1.165) is 6.07 Å². The number of alkyl halides is 3. The highest BCUT2D eigenvalue weighted by Crippen LogP contribution is 2.34. The highest BCUT2D eigenvalue weighted by atomic mass is 19.4. The van der Waals surface area contributed by atoms with Crippen LogP contribution in [0.2, 0.25) is 0 Å². The van der Waals surface area contributed by atoms with E-state index >= 15 is 0 Å². The third kappa shape index (κ3) is 2.31. The van der Waals surface area contributed by atoms with Gasteiger partial charge in [-0.2, -0.15) is 13.2 Å². The second-order valence-corrected chi connectivity index (χ2v) is 4.37. The van der Waals surface area contributed by atoms with Gasteiger partial charge in [-0.3, -0.25) is 0 Å². The maximum absolute atomic E-state index is 12.9. The van der Waals surface area contributed by atoms with Crippen molar-refractivity contribution >= 4 is 11.0 Å².